The van der Waals surface area contributed by atoms with Gasteiger partial charge in [0.25, 0.3) is 11.1 Å². The van der Waals surface area contributed by atoms with E-state index < -0.39 is 0 Å². The van der Waals surface area contributed by atoms with Gasteiger partial charge in [-0.2, -0.15) is 0 Å². The number of para-hydroxylation sites is 1. The second-order valence-corrected chi connectivity index (χ2v) is 9.15. The molecule has 0 bridgehead atoms. The number of fused-ring (bicyclic) bond motifs is 2. The third-order valence-corrected chi connectivity index (χ3v) is 6.41. The number of rotatable bonds is 4. The van der Waals surface area contributed by atoms with Crippen LogP contribution in [0.2, 0.25) is 0 Å². The van der Waals surface area contributed by atoms with Crippen molar-refractivity contribution in [1.82, 2.24) is 18.9 Å². The fourth-order valence-electron chi connectivity index (χ4n) is 3.98. The maximum Gasteiger partial charge on any atom is 0.266 e. The van der Waals surface area contributed by atoms with Gasteiger partial charge in [-0.1, -0.05) is 30.0 Å². The number of aromatic nitrogens is 4. The molecule has 0 amide bonds. The van der Waals surface area contributed by atoms with E-state index in [1.165, 1.54) is 22.2 Å². The molecule has 33 heavy (non-hydrogen) atoms. The zero-order chi connectivity index (χ0) is 23.1. The number of hydrogen-bond donors (Lipinski definition) is 0. The van der Waals surface area contributed by atoms with Crippen LogP contribution in [0.4, 0.5) is 0 Å². The number of nitrogens with zero attached hydrogens (tertiary/aromatic N) is 4. The first-order valence-corrected chi connectivity index (χ1v) is 11.6. The first-order chi connectivity index (χ1) is 15.9. The monoisotopic (exact) mass is 454 g/mol. The topological polar surface area (TPSA) is 69.3 Å². The highest BCUT2D eigenvalue weighted by Gasteiger charge is 2.15. The molecular weight excluding hydrogens is 432 g/mol. The van der Waals surface area contributed by atoms with E-state index in [1.807, 2.05) is 63.2 Å². The van der Waals surface area contributed by atoms with Gasteiger partial charge >= 0.3 is 0 Å². The molecule has 0 radical (unpaired) electrons. The fourth-order valence-corrected chi connectivity index (χ4v) is 4.89. The van der Waals surface area contributed by atoms with E-state index in [9.17, 15) is 9.59 Å². The molecule has 7 heteroatoms. The van der Waals surface area contributed by atoms with E-state index in [4.69, 9.17) is 4.98 Å². The first kappa shape index (κ1) is 21.2. The summed E-state index contributed by atoms with van der Waals surface area (Å²) in [6, 6.07) is 18.7. The Morgan fingerprint density at radius 2 is 1.61 bits per heavy atom. The molecule has 0 N–H and O–H groups in total. The lowest BCUT2D eigenvalue weighted by Crippen LogP contribution is -2.22. The van der Waals surface area contributed by atoms with Crippen LogP contribution in [0.5, 0.6) is 0 Å². The predicted molar refractivity (Wildman–Crippen MR) is 133 cm³/mol. The highest BCUT2D eigenvalue weighted by Crippen LogP contribution is 2.25. The van der Waals surface area contributed by atoms with Gasteiger partial charge in [-0.25, -0.2) is 9.97 Å². The van der Waals surface area contributed by atoms with Crippen molar-refractivity contribution in [2.75, 3.05) is 0 Å². The Balaban J connectivity index is 1.63. The summed E-state index contributed by atoms with van der Waals surface area (Å²) in [5, 5.41) is 1.13. The maximum atomic E-state index is 13.5. The number of pyridine rings is 1. The van der Waals surface area contributed by atoms with Crippen molar-refractivity contribution in [3.8, 4) is 5.69 Å². The van der Waals surface area contributed by atoms with Gasteiger partial charge in [0.05, 0.1) is 22.3 Å². The summed E-state index contributed by atoms with van der Waals surface area (Å²) >= 11 is 1.40. The second kappa shape index (κ2) is 8.33. The number of aryl methyl sites for hydroxylation is 3. The smallest absolute Gasteiger partial charge is 0.266 e. The lowest BCUT2D eigenvalue weighted by atomic mass is 10.1. The van der Waals surface area contributed by atoms with Gasteiger partial charge in [0.2, 0.25) is 0 Å². The fraction of sp³-hybridized carbons (Fsp3) is 0.154. The molecule has 3 aromatic heterocycles. The van der Waals surface area contributed by atoms with Gasteiger partial charge in [0.1, 0.15) is 5.65 Å². The third kappa shape index (κ3) is 4.07. The van der Waals surface area contributed by atoms with E-state index in [0.717, 1.165) is 22.4 Å². The molecule has 0 aliphatic carbocycles. The van der Waals surface area contributed by atoms with Crippen LogP contribution in [0, 0.1) is 20.8 Å². The highest BCUT2D eigenvalue weighted by molar-refractivity contribution is 7.98. The lowest BCUT2D eigenvalue weighted by Gasteiger charge is -2.14. The van der Waals surface area contributed by atoms with Crippen molar-refractivity contribution < 1.29 is 0 Å². The average Bonchev–Trinajstić information content (AvgIpc) is 2.77. The highest BCUT2D eigenvalue weighted by atomic mass is 32.2. The quantitative estimate of drug-likeness (QED) is 0.293. The Morgan fingerprint density at radius 3 is 2.39 bits per heavy atom. The van der Waals surface area contributed by atoms with Gasteiger partial charge in [-0.15, -0.1) is 0 Å². The molecule has 0 unspecified atom stereocenters. The summed E-state index contributed by atoms with van der Waals surface area (Å²) in [6.07, 6.45) is 1.74. The minimum atomic E-state index is -0.131. The second-order valence-electron chi connectivity index (χ2n) is 8.20. The van der Waals surface area contributed by atoms with Crippen molar-refractivity contribution in [2.45, 2.75) is 31.7 Å². The summed E-state index contributed by atoms with van der Waals surface area (Å²) in [5.74, 6) is 0.412. The third-order valence-electron chi connectivity index (χ3n) is 5.43. The minimum absolute atomic E-state index is 0.115. The minimum Gasteiger partial charge on any atom is -0.269 e. The zero-order valence-corrected chi connectivity index (χ0v) is 19.4. The van der Waals surface area contributed by atoms with Crippen molar-refractivity contribution in [1.29, 1.82) is 0 Å². The molecule has 0 saturated carbocycles. The van der Waals surface area contributed by atoms with Gasteiger partial charge in [-0.05, 0) is 73.9 Å². The molecule has 0 aliphatic heterocycles. The van der Waals surface area contributed by atoms with Crippen LogP contribution in [-0.2, 0) is 5.75 Å². The molecule has 5 rings (SSSR count). The Hall–Kier alpha value is -3.71. The lowest BCUT2D eigenvalue weighted by molar-refractivity contribution is 0.817. The SMILES string of the molecule is Cc1cc(C)cc(-n2c(SCc3cc(=O)n4ccc(C)cc4n3)nc3ccccc3c2=O)c1. The van der Waals surface area contributed by atoms with Gasteiger partial charge in [-0.3, -0.25) is 18.6 Å². The van der Waals surface area contributed by atoms with Gasteiger partial charge in [0, 0.05) is 18.0 Å². The van der Waals surface area contributed by atoms with Crippen LogP contribution in [0.3, 0.4) is 0 Å². The van der Waals surface area contributed by atoms with Gasteiger partial charge < -0.3 is 0 Å². The van der Waals surface area contributed by atoms with Crippen LogP contribution in [0.15, 0.2) is 81.6 Å². The van der Waals surface area contributed by atoms with Crippen molar-refractivity contribution in [3.63, 3.8) is 0 Å². The van der Waals surface area contributed by atoms with E-state index in [1.54, 1.807) is 16.8 Å². The van der Waals surface area contributed by atoms with Crippen LogP contribution in [0.1, 0.15) is 22.4 Å². The molecule has 0 saturated heterocycles. The number of hydrogen-bond acceptors (Lipinski definition) is 5. The predicted octanol–water partition coefficient (Wildman–Crippen LogP) is 4.61. The summed E-state index contributed by atoms with van der Waals surface area (Å²) in [7, 11) is 0. The van der Waals surface area contributed by atoms with Crippen LogP contribution in [-0.4, -0.2) is 18.9 Å². The average molecular weight is 455 g/mol. The Morgan fingerprint density at radius 1 is 0.848 bits per heavy atom. The van der Waals surface area contributed by atoms with Crippen molar-refractivity contribution in [2.24, 2.45) is 0 Å². The molecule has 0 spiro atoms. The summed E-state index contributed by atoms with van der Waals surface area (Å²) < 4.78 is 3.19. The Bertz CT molecular complexity index is 1630. The number of thioether (sulfide) groups is 1. The van der Waals surface area contributed by atoms with E-state index in [2.05, 4.69) is 11.1 Å². The summed E-state index contributed by atoms with van der Waals surface area (Å²) in [6.45, 7) is 5.99. The molecule has 0 atom stereocenters. The Kier molecular flexibility index (Phi) is 5.34. The number of benzene rings is 2. The molecule has 0 fully saturated rings. The standard InChI is InChI=1S/C26H22N4O2S/c1-16-8-9-29-23(13-16)27-19(14-24(29)31)15-33-26-28-22-7-5-4-6-21(22)25(32)30(26)20-11-17(2)10-18(3)12-20/h4-14H,15H2,1-3H3. The molecule has 6 nitrogen and oxygen atoms in total. The Labute approximate surface area is 194 Å². The first-order valence-electron chi connectivity index (χ1n) is 10.6. The van der Waals surface area contributed by atoms with E-state index >= 15 is 0 Å². The van der Waals surface area contributed by atoms with Crippen LogP contribution >= 0.6 is 11.8 Å². The summed E-state index contributed by atoms with van der Waals surface area (Å²) in [4.78, 5) is 35.5. The molecule has 5 aromatic rings. The molecule has 164 valence electrons. The van der Waals surface area contributed by atoms with E-state index in [-0.39, 0.29) is 11.1 Å². The molecule has 2 aromatic carbocycles. The maximum absolute atomic E-state index is 13.5. The van der Waals surface area contributed by atoms with Crippen LogP contribution < -0.4 is 11.1 Å². The zero-order valence-electron chi connectivity index (χ0n) is 18.6. The normalized spacial score (nSPS) is 11.4. The van der Waals surface area contributed by atoms with Gasteiger partial charge in [0.15, 0.2) is 5.16 Å². The van der Waals surface area contributed by atoms with E-state index in [0.29, 0.717) is 33.2 Å². The largest absolute Gasteiger partial charge is 0.269 e. The van der Waals surface area contributed by atoms with Crippen LogP contribution in [0.25, 0.3) is 22.2 Å². The molecule has 3 heterocycles. The molecule has 0 aliphatic rings. The summed E-state index contributed by atoms with van der Waals surface area (Å²) in [5.41, 5.74) is 5.60. The molecular formula is C26H22N4O2S. The van der Waals surface area contributed by atoms with Crippen molar-refractivity contribution in [3.05, 3.63) is 110 Å². The van der Waals surface area contributed by atoms with Crippen molar-refractivity contribution >= 4 is 28.3 Å².